The third-order valence-electron chi connectivity index (χ3n) is 4.07. The molecule has 1 aliphatic carbocycles. The van der Waals surface area contributed by atoms with Crippen molar-refractivity contribution in [3.8, 4) is 0 Å². The van der Waals surface area contributed by atoms with E-state index in [2.05, 4.69) is 6.92 Å². The van der Waals surface area contributed by atoms with Crippen molar-refractivity contribution in [3.05, 3.63) is 24.0 Å². The molecule has 1 saturated carbocycles. The number of nitrogens with zero attached hydrogens (tertiary/aromatic N) is 1. The number of halogens is 1. The Kier molecular flexibility index (Phi) is 4.34. The second-order valence-electron chi connectivity index (χ2n) is 5.63. The summed E-state index contributed by atoms with van der Waals surface area (Å²) in [6.45, 7) is 2.13. The van der Waals surface area contributed by atoms with Gasteiger partial charge in [0, 0.05) is 13.1 Å². The maximum atomic E-state index is 13.5. The highest BCUT2D eigenvalue weighted by molar-refractivity contribution is 7.89. The lowest BCUT2D eigenvalue weighted by Gasteiger charge is -2.33. The van der Waals surface area contributed by atoms with Crippen molar-refractivity contribution in [2.45, 2.75) is 43.5 Å². The second-order valence-corrected chi connectivity index (χ2v) is 7.63. The summed E-state index contributed by atoms with van der Waals surface area (Å²) in [6.07, 6.45) is 3.88. The summed E-state index contributed by atoms with van der Waals surface area (Å²) in [4.78, 5) is -0.0371. The van der Waals surface area contributed by atoms with E-state index in [9.17, 15) is 12.8 Å². The van der Waals surface area contributed by atoms with Gasteiger partial charge in [-0.1, -0.05) is 19.8 Å². The molecule has 0 aliphatic heterocycles. The third kappa shape index (κ3) is 2.96. The Bertz CT molecular complexity index is 589. The number of hydrogen-bond acceptors (Lipinski definition) is 3. The Morgan fingerprint density at radius 3 is 2.65 bits per heavy atom. The van der Waals surface area contributed by atoms with Crippen LogP contribution >= 0.6 is 0 Å². The average Bonchev–Trinajstić information content (AvgIpc) is 2.40. The fraction of sp³-hybridized carbons (Fsp3) is 0.571. The van der Waals surface area contributed by atoms with E-state index in [-0.39, 0.29) is 16.6 Å². The van der Waals surface area contributed by atoms with Gasteiger partial charge in [0.05, 0.1) is 10.6 Å². The van der Waals surface area contributed by atoms with Crippen molar-refractivity contribution in [2.24, 2.45) is 5.92 Å². The molecule has 2 unspecified atom stereocenters. The van der Waals surface area contributed by atoms with Crippen molar-refractivity contribution in [1.29, 1.82) is 0 Å². The first-order chi connectivity index (χ1) is 9.32. The van der Waals surface area contributed by atoms with Crippen LogP contribution in [-0.2, 0) is 10.0 Å². The molecule has 2 rings (SSSR count). The molecule has 0 bridgehead atoms. The molecule has 0 aromatic heterocycles. The first-order valence-electron chi connectivity index (χ1n) is 6.85. The van der Waals surface area contributed by atoms with Gasteiger partial charge in [-0.25, -0.2) is 12.8 Å². The van der Waals surface area contributed by atoms with Crippen LogP contribution in [0.1, 0.15) is 32.6 Å². The van der Waals surface area contributed by atoms with E-state index in [1.807, 2.05) is 0 Å². The zero-order valence-corrected chi connectivity index (χ0v) is 12.7. The number of benzene rings is 1. The highest BCUT2D eigenvalue weighted by atomic mass is 32.2. The van der Waals surface area contributed by atoms with E-state index in [0.717, 1.165) is 31.7 Å². The predicted molar refractivity (Wildman–Crippen MR) is 77.2 cm³/mol. The van der Waals surface area contributed by atoms with Gasteiger partial charge in [-0.15, -0.1) is 0 Å². The molecule has 2 atom stereocenters. The Hall–Kier alpha value is -1.14. The monoisotopic (exact) mass is 300 g/mol. The lowest BCUT2D eigenvalue weighted by atomic mass is 9.87. The van der Waals surface area contributed by atoms with Crippen molar-refractivity contribution in [3.63, 3.8) is 0 Å². The zero-order valence-electron chi connectivity index (χ0n) is 11.8. The van der Waals surface area contributed by atoms with Gasteiger partial charge < -0.3 is 5.73 Å². The minimum absolute atomic E-state index is 0.00985. The van der Waals surface area contributed by atoms with E-state index in [1.165, 1.54) is 16.4 Å². The summed E-state index contributed by atoms with van der Waals surface area (Å²) >= 11 is 0. The van der Waals surface area contributed by atoms with Crippen molar-refractivity contribution in [2.75, 3.05) is 12.8 Å². The van der Waals surface area contributed by atoms with Gasteiger partial charge in [-0.05, 0) is 37.0 Å². The molecule has 4 nitrogen and oxygen atoms in total. The highest BCUT2D eigenvalue weighted by Crippen LogP contribution is 2.30. The normalized spacial score (nSPS) is 24.0. The molecule has 1 aliphatic rings. The Morgan fingerprint density at radius 2 is 2.05 bits per heavy atom. The standard InChI is InChI=1S/C14H21FN2O2S/c1-10-4-3-5-11(8-10)17(2)20(18,19)12-6-7-14(16)13(15)9-12/h6-7,9-11H,3-5,8,16H2,1-2H3. The van der Waals surface area contributed by atoms with E-state index < -0.39 is 15.8 Å². The van der Waals surface area contributed by atoms with Gasteiger partial charge in [-0.2, -0.15) is 4.31 Å². The molecule has 1 fully saturated rings. The summed E-state index contributed by atoms with van der Waals surface area (Å²) in [7, 11) is -2.09. The Balaban J connectivity index is 2.26. The second kappa shape index (κ2) is 5.69. The summed E-state index contributed by atoms with van der Waals surface area (Å²) in [5.74, 6) is -0.175. The fourth-order valence-corrected chi connectivity index (χ4v) is 4.17. The van der Waals surface area contributed by atoms with Gasteiger partial charge in [-0.3, -0.25) is 0 Å². The maximum absolute atomic E-state index is 13.5. The van der Waals surface area contributed by atoms with Gasteiger partial charge in [0.2, 0.25) is 10.0 Å². The average molecular weight is 300 g/mol. The van der Waals surface area contributed by atoms with Crippen LogP contribution in [0.5, 0.6) is 0 Å². The molecule has 6 heteroatoms. The van der Waals surface area contributed by atoms with Crippen LogP contribution in [0.4, 0.5) is 10.1 Å². The molecule has 112 valence electrons. The largest absolute Gasteiger partial charge is 0.396 e. The number of nitrogen functional groups attached to an aromatic ring is 1. The SMILES string of the molecule is CC1CCCC(N(C)S(=O)(=O)c2ccc(N)c(F)c2)C1. The zero-order chi connectivity index (χ0) is 14.9. The quantitative estimate of drug-likeness (QED) is 0.873. The van der Waals surface area contributed by atoms with Crippen LogP contribution in [0.2, 0.25) is 0 Å². The number of anilines is 1. The Morgan fingerprint density at radius 1 is 1.35 bits per heavy atom. The number of nitrogens with two attached hydrogens (primary N) is 1. The molecular weight excluding hydrogens is 279 g/mol. The van der Waals surface area contributed by atoms with Gasteiger partial charge in [0.1, 0.15) is 5.82 Å². The van der Waals surface area contributed by atoms with Crippen LogP contribution in [0.15, 0.2) is 23.1 Å². The molecular formula is C14H21FN2O2S. The molecule has 0 spiro atoms. The summed E-state index contributed by atoms with van der Waals surface area (Å²) in [5, 5.41) is 0. The Labute approximate surface area is 119 Å². The first kappa shape index (κ1) is 15.3. The minimum atomic E-state index is -3.66. The van der Waals surface area contributed by atoms with Crippen LogP contribution in [0.3, 0.4) is 0 Å². The molecule has 2 N–H and O–H groups in total. The van der Waals surface area contributed by atoms with Crippen LogP contribution in [0, 0.1) is 11.7 Å². The lowest BCUT2D eigenvalue weighted by molar-refractivity contribution is 0.239. The molecule has 0 amide bonds. The molecule has 20 heavy (non-hydrogen) atoms. The summed E-state index contributed by atoms with van der Waals surface area (Å²) < 4.78 is 39.9. The molecule has 1 aromatic carbocycles. The summed E-state index contributed by atoms with van der Waals surface area (Å²) in [6, 6.07) is 3.63. The first-order valence-corrected chi connectivity index (χ1v) is 8.29. The van der Waals surface area contributed by atoms with Crippen molar-refractivity contribution >= 4 is 15.7 Å². The number of hydrogen-bond donors (Lipinski definition) is 1. The number of rotatable bonds is 3. The van der Waals surface area contributed by atoms with E-state index >= 15 is 0 Å². The van der Waals surface area contributed by atoms with E-state index in [4.69, 9.17) is 5.73 Å². The van der Waals surface area contributed by atoms with Crippen molar-refractivity contribution < 1.29 is 12.8 Å². The van der Waals surface area contributed by atoms with Crippen molar-refractivity contribution in [1.82, 2.24) is 4.31 Å². The highest BCUT2D eigenvalue weighted by Gasteiger charge is 2.31. The maximum Gasteiger partial charge on any atom is 0.243 e. The molecule has 0 radical (unpaired) electrons. The lowest BCUT2D eigenvalue weighted by Crippen LogP contribution is -2.39. The topological polar surface area (TPSA) is 63.4 Å². The van der Waals surface area contributed by atoms with Crippen LogP contribution < -0.4 is 5.73 Å². The number of sulfonamides is 1. The van der Waals surface area contributed by atoms with Gasteiger partial charge >= 0.3 is 0 Å². The third-order valence-corrected chi connectivity index (χ3v) is 5.98. The minimum Gasteiger partial charge on any atom is -0.396 e. The van der Waals surface area contributed by atoms with Gasteiger partial charge in [0.15, 0.2) is 0 Å². The van der Waals surface area contributed by atoms with Gasteiger partial charge in [0.25, 0.3) is 0 Å². The van der Waals surface area contributed by atoms with Crippen LogP contribution in [-0.4, -0.2) is 25.8 Å². The predicted octanol–water partition coefficient (Wildman–Crippen LogP) is 2.61. The molecule has 0 heterocycles. The molecule has 0 saturated heterocycles. The molecule has 1 aromatic rings. The summed E-state index contributed by atoms with van der Waals surface area (Å²) in [5.41, 5.74) is 5.34. The smallest absolute Gasteiger partial charge is 0.243 e. The van der Waals surface area contributed by atoms with E-state index in [1.54, 1.807) is 7.05 Å². The fourth-order valence-electron chi connectivity index (χ4n) is 2.76. The van der Waals surface area contributed by atoms with E-state index in [0.29, 0.717) is 5.92 Å². The van der Waals surface area contributed by atoms with Crippen LogP contribution in [0.25, 0.3) is 0 Å².